The number of benzene rings is 1. The number of carbonyl (C=O) groups excluding carboxylic acids is 1. The molecule has 30 heavy (non-hydrogen) atoms. The summed E-state index contributed by atoms with van der Waals surface area (Å²) in [6, 6.07) is 3.55. The van der Waals surface area contributed by atoms with Crippen LogP contribution in [0.1, 0.15) is 57.9 Å². The van der Waals surface area contributed by atoms with E-state index in [1.807, 2.05) is 6.92 Å². The molecule has 7 atom stereocenters. The van der Waals surface area contributed by atoms with Crippen molar-refractivity contribution in [3.8, 4) is 0 Å². The van der Waals surface area contributed by atoms with E-state index in [0.29, 0.717) is 37.2 Å². The van der Waals surface area contributed by atoms with Crippen molar-refractivity contribution in [3.63, 3.8) is 0 Å². The van der Waals surface area contributed by atoms with E-state index in [-0.39, 0.29) is 23.7 Å². The first-order valence-electron chi connectivity index (χ1n) is 11.0. The number of esters is 1. The first-order valence-corrected chi connectivity index (χ1v) is 11.0. The number of rotatable bonds is 4. The molecule has 2 bridgehead atoms. The number of halogens is 2. The van der Waals surface area contributed by atoms with Crippen LogP contribution in [0.4, 0.5) is 8.78 Å². The maximum Gasteiger partial charge on any atom is 0.311 e. The van der Waals surface area contributed by atoms with Crippen molar-refractivity contribution in [2.45, 2.75) is 76.5 Å². The third-order valence-corrected chi connectivity index (χ3v) is 7.69. The zero-order chi connectivity index (χ0) is 21.1. The second-order valence-corrected chi connectivity index (χ2v) is 9.62. The number of ether oxygens (including phenoxy) is 2. The van der Waals surface area contributed by atoms with E-state index in [1.54, 1.807) is 0 Å². The summed E-state index contributed by atoms with van der Waals surface area (Å²) in [5, 5.41) is 0. The van der Waals surface area contributed by atoms with Crippen LogP contribution in [0.15, 0.2) is 18.2 Å². The Morgan fingerprint density at radius 3 is 2.60 bits per heavy atom. The minimum atomic E-state index is -0.897. The van der Waals surface area contributed by atoms with Gasteiger partial charge in [-0.1, -0.05) is 6.92 Å². The van der Waals surface area contributed by atoms with Crippen LogP contribution in [0.5, 0.6) is 0 Å². The van der Waals surface area contributed by atoms with Gasteiger partial charge in [-0.15, -0.1) is 0 Å². The van der Waals surface area contributed by atoms with Crippen molar-refractivity contribution in [3.05, 3.63) is 35.4 Å². The molecule has 4 heterocycles. The predicted octanol–water partition coefficient (Wildman–Crippen LogP) is 4.68. The lowest BCUT2D eigenvalue weighted by molar-refractivity contribution is -0.559. The monoisotopic (exact) mass is 422 g/mol. The van der Waals surface area contributed by atoms with E-state index >= 15 is 0 Å². The summed E-state index contributed by atoms with van der Waals surface area (Å²) >= 11 is 0. The van der Waals surface area contributed by atoms with Gasteiger partial charge in [0, 0.05) is 24.3 Å². The molecule has 4 saturated heterocycles. The summed E-state index contributed by atoms with van der Waals surface area (Å²) in [6.07, 6.45) is 4.38. The predicted molar refractivity (Wildman–Crippen MR) is 102 cm³/mol. The standard InChI is InChI=1S/C23H28F2O5/c1-13-6-7-19-17(5-3-4-14-10-15(24)12-16(25)11-14)20(26)27-21-23(19)18(13)8-9-22(2,28-21)29-30-23/h10-13,17-19,21H,3-9H2,1-2H3/t13-,17-,18+,19+,21?,22+,23-/m1/s1. The maximum atomic E-state index is 13.5. The van der Waals surface area contributed by atoms with Crippen LogP contribution in [-0.4, -0.2) is 23.6 Å². The summed E-state index contributed by atoms with van der Waals surface area (Å²) < 4.78 is 38.9. The van der Waals surface area contributed by atoms with E-state index in [9.17, 15) is 13.6 Å². The van der Waals surface area contributed by atoms with Gasteiger partial charge in [0.25, 0.3) is 0 Å². The molecule has 5 nitrogen and oxygen atoms in total. The Labute approximate surface area is 174 Å². The molecule has 7 heteroatoms. The number of carbonyl (C=O) groups is 1. The Balaban J connectivity index is 1.37. The third-order valence-electron chi connectivity index (χ3n) is 7.69. The first kappa shape index (κ1) is 20.3. The molecule has 0 radical (unpaired) electrons. The highest BCUT2D eigenvalue weighted by Crippen LogP contribution is 2.60. The molecule has 1 unspecified atom stereocenters. The van der Waals surface area contributed by atoms with Crippen molar-refractivity contribution in [1.82, 2.24) is 0 Å². The molecule has 164 valence electrons. The highest BCUT2D eigenvalue weighted by molar-refractivity contribution is 5.74. The molecule has 4 aliphatic heterocycles. The molecule has 1 aromatic rings. The van der Waals surface area contributed by atoms with E-state index in [2.05, 4.69) is 6.92 Å². The molecule has 5 aliphatic rings. The van der Waals surface area contributed by atoms with Crippen LogP contribution < -0.4 is 0 Å². The highest BCUT2D eigenvalue weighted by atomic mass is 19.1. The number of fused-ring (bicyclic) bond motifs is 2. The van der Waals surface area contributed by atoms with Gasteiger partial charge in [0.15, 0.2) is 5.60 Å². The summed E-state index contributed by atoms with van der Waals surface area (Å²) in [4.78, 5) is 24.8. The first-order chi connectivity index (χ1) is 14.3. The molecular formula is C23H28F2O5. The summed E-state index contributed by atoms with van der Waals surface area (Å²) in [5.74, 6) is -2.12. The number of hydrogen-bond donors (Lipinski definition) is 0. The van der Waals surface area contributed by atoms with Crippen molar-refractivity contribution < 1.29 is 32.8 Å². The molecule has 0 aromatic heterocycles. The molecule has 6 rings (SSSR count). The molecule has 5 fully saturated rings. The Morgan fingerprint density at radius 1 is 1.07 bits per heavy atom. The van der Waals surface area contributed by atoms with Gasteiger partial charge in [-0.05, 0) is 69.1 Å². The lowest BCUT2D eigenvalue weighted by atomic mass is 9.57. The van der Waals surface area contributed by atoms with Crippen LogP contribution in [-0.2, 0) is 30.5 Å². The smallest absolute Gasteiger partial charge is 0.311 e. The summed E-state index contributed by atoms with van der Waals surface area (Å²) in [6.45, 7) is 4.05. The highest BCUT2D eigenvalue weighted by Gasteiger charge is 2.70. The largest absolute Gasteiger partial charge is 0.432 e. The van der Waals surface area contributed by atoms with E-state index in [4.69, 9.17) is 19.2 Å². The Morgan fingerprint density at radius 2 is 1.83 bits per heavy atom. The fourth-order valence-electron chi connectivity index (χ4n) is 6.22. The molecule has 1 spiro atoms. The van der Waals surface area contributed by atoms with Gasteiger partial charge >= 0.3 is 5.97 Å². The van der Waals surface area contributed by atoms with E-state index < -0.39 is 29.3 Å². The molecule has 1 aromatic carbocycles. The average Bonchev–Trinajstić information content (AvgIpc) is 2.90. The number of hydrogen-bond acceptors (Lipinski definition) is 5. The fourth-order valence-corrected chi connectivity index (χ4v) is 6.22. The average molecular weight is 422 g/mol. The van der Waals surface area contributed by atoms with Crippen LogP contribution in [0.3, 0.4) is 0 Å². The Bertz CT molecular complexity index is 827. The topological polar surface area (TPSA) is 54.0 Å². The van der Waals surface area contributed by atoms with Gasteiger partial charge in [0.2, 0.25) is 12.1 Å². The quantitative estimate of drug-likeness (QED) is 0.521. The Kier molecular flexibility index (Phi) is 4.91. The van der Waals surface area contributed by atoms with Gasteiger partial charge in [-0.3, -0.25) is 4.79 Å². The summed E-state index contributed by atoms with van der Waals surface area (Å²) in [5.41, 5.74) is -0.189. The minimum Gasteiger partial charge on any atom is -0.432 e. The minimum absolute atomic E-state index is 0.0585. The Hall–Kier alpha value is -1.57. The molecule has 0 amide bonds. The van der Waals surface area contributed by atoms with E-state index in [0.717, 1.165) is 25.3 Å². The fraction of sp³-hybridized carbons (Fsp3) is 0.696. The molecule has 1 aliphatic carbocycles. The maximum absolute atomic E-state index is 13.5. The third kappa shape index (κ3) is 3.17. The second kappa shape index (κ2) is 7.24. The zero-order valence-electron chi connectivity index (χ0n) is 17.4. The molecule has 0 N–H and O–H groups in total. The van der Waals surface area contributed by atoms with Crippen LogP contribution in [0.25, 0.3) is 0 Å². The van der Waals surface area contributed by atoms with Gasteiger partial charge < -0.3 is 9.47 Å². The van der Waals surface area contributed by atoms with Crippen molar-refractivity contribution in [2.75, 3.05) is 0 Å². The van der Waals surface area contributed by atoms with Gasteiger partial charge in [0.05, 0.1) is 5.92 Å². The number of aryl methyl sites for hydroxylation is 1. The van der Waals surface area contributed by atoms with Gasteiger partial charge in [-0.25, -0.2) is 18.6 Å². The van der Waals surface area contributed by atoms with Crippen LogP contribution in [0.2, 0.25) is 0 Å². The molecule has 1 saturated carbocycles. The lowest BCUT2D eigenvalue weighted by Gasteiger charge is -2.58. The van der Waals surface area contributed by atoms with Gasteiger partial charge in [0.1, 0.15) is 11.6 Å². The summed E-state index contributed by atoms with van der Waals surface area (Å²) in [7, 11) is 0. The van der Waals surface area contributed by atoms with E-state index in [1.165, 1.54) is 12.1 Å². The van der Waals surface area contributed by atoms with Crippen molar-refractivity contribution in [1.29, 1.82) is 0 Å². The zero-order valence-corrected chi connectivity index (χ0v) is 17.4. The normalized spacial score (nSPS) is 42.4. The molecular weight excluding hydrogens is 394 g/mol. The van der Waals surface area contributed by atoms with Crippen molar-refractivity contribution >= 4 is 5.97 Å². The lowest BCUT2D eigenvalue weighted by Crippen LogP contribution is -2.70. The van der Waals surface area contributed by atoms with Crippen LogP contribution in [0, 0.1) is 35.3 Å². The SMILES string of the molecule is C[C@@H]1CC[C@H]2[C@@H](CCCc3cc(F)cc(F)c3)C(=O)OC3O[C@]4(C)CC[C@@H]1[C@]32OO4. The van der Waals surface area contributed by atoms with Gasteiger partial charge in [-0.2, -0.15) is 0 Å². The van der Waals surface area contributed by atoms with Crippen molar-refractivity contribution in [2.24, 2.45) is 23.7 Å². The van der Waals surface area contributed by atoms with Crippen LogP contribution >= 0.6 is 0 Å². The second-order valence-electron chi connectivity index (χ2n) is 9.62.